The van der Waals surface area contributed by atoms with Crippen LogP contribution in [0.4, 0.5) is 0 Å². The van der Waals surface area contributed by atoms with Crippen LogP contribution >= 0.6 is 0 Å². The minimum Gasteiger partial charge on any atom is -0.467 e. The summed E-state index contributed by atoms with van der Waals surface area (Å²) in [5.74, 6) is 1.32. The van der Waals surface area contributed by atoms with E-state index in [0.29, 0.717) is 18.0 Å². The van der Waals surface area contributed by atoms with Gasteiger partial charge in [0.2, 0.25) is 0 Å². The number of benzene rings is 1. The summed E-state index contributed by atoms with van der Waals surface area (Å²) in [6.45, 7) is 0.327. The zero-order chi connectivity index (χ0) is 19.6. The molecule has 0 radical (unpaired) electrons. The first-order chi connectivity index (χ1) is 14.3. The summed E-state index contributed by atoms with van der Waals surface area (Å²) >= 11 is 0. The number of rotatable bonds is 5. The van der Waals surface area contributed by atoms with Gasteiger partial charge in [-0.1, -0.05) is 36.4 Å². The van der Waals surface area contributed by atoms with Crippen molar-refractivity contribution < 1.29 is 9.21 Å². The lowest BCUT2D eigenvalue weighted by atomic mass is 10.1. The molecule has 0 saturated heterocycles. The van der Waals surface area contributed by atoms with Gasteiger partial charge in [-0.15, -0.1) is 0 Å². The van der Waals surface area contributed by atoms with Crippen LogP contribution in [-0.2, 0) is 6.54 Å². The molecule has 0 aliphatic rings. The molecular formula is C23H18N4O2. The van der Waals surface area contributed by atoms with E-state index in [9.17, 15) is 4.79 Å². The molecular weight excluding hydrogens is 364 g/mol. The van der Waals surface area contributed by atoms with E-state index in [1.807, 2.05) is 36.4 Å². The number of fused-ring (bicyclic) bond motifs is 1. The van der Waals surface area contributed by atoms with Crippen LogP contribution in [0.3, 0.4) is 0 Å². The van der Waals surface area contributed by atoms with E-state index in [-0.39, 0.29) is 5.91 Å². The van der Waals surface area contributed by atoms with E-state index < -0.39 is 0 Å². The van der Waals surface area contributed by atoms with Crippen molar-refractivity contribution >= 4 is 11.4 Å². The molecule has 0 aliphatic heterocycles. The Labute approximate surface area is 167 Å². The number of pyridine rings is 1. The molecule has 1 aromatic carbocycles. The molecule has 0 aliphatic carbocycles. The number of aromatic nitrogens is 3. The molecule has 0 saturated carbocycles. The van der Waals surface area contributed by atoms with Crippen molar-refractivity contribution in [1.29, 1.82) is 0 Å². The average Bonchev–Trinajstić information content (AvgIpc) is 3.52. The first-order valence-electron chi connectivity index (χ1n) is 9.31. The molecule has 4 heterocycles. The molecule has 0 unspecified atom stereocenters. The van der Waals surface area contributed by atoms with Gasteiger partial charge in [-0.3, -0.25) is 4.79 Å². The quantitative estimate of drug-likeness (QED) is 0.492. The van der Waals surface area contributed by atoms with Gasteiger partial charge in [0.25, 0.3) is 5.91 Å². The molecule has 4 aromatic heterocycles. The fourth-order valence-electron chi connectivity index (χ4n) is 3.32. The third-order valence-corrected chi connectivity index (χ3v) is 4.80. The Hall–Kier alpha value is -4.06. The zero-order valence-corrected chi connectivity index (χ0v) is 15.5. The lowest BCUT2D eigenvalue weighted by Crippen LogP contribution is -2.23. The predicted octanol–water partition coefficient (Wildman–Crippen LogP) is 4.32. The van der Waals surface area contributed by atoms with Gasteiger partial charge in [-0.25, -0.2) is 4.68 Å². The number of carbonyl (C=O) groups is 1. The van der Waals surface area contributed by atoms with Crippen LogP contribution < -0.4 is 5.32 Å². The summed E-state index contributed by atoms with van der Waals surface area (Å²) in [4.78, 5) is 12.4. The molecule has 6 heteroatoms. The fraction of sp³-hybridized carbons (Fsp3) is 0.0435. The highest BCUT2D eigenvalue weighted by molar-refractivity contribution is 5.92. The molecule has 5 rings (SSSR count). The lowest BCUT2D eigenvalue weighted by molar-refractivity contribution is 0.0942. The Balaban J connectivity index is 1.43. The smallest absolute Gasteiger partial charge is 0.272 e. The maximum absolute atomic E-state index is 12.4. The molecule has 0 bridgehead atoms. The van der Waals surface area contributed by atoms with E-state index in [2.05, 4.69) is 45.3 Å². The fourth-order valence-corrected chi connectivity index (χ4v) is 3.32. The Bertz CT molecular complexity index is 1270. The van der Waals surface area contributed by atoms with Gasteiger partial charge in [-0.2, -0.15) is 5.10 Å². The maximum Gasteiger partial charge on any atom is 0.272 e. The normalized spacial score (nSPS) is 11.0. The number of furan rings is 1. The first kappa shape index (κ1) is 17.1. The van der Waals surface area contributed by atoms with Crippen molar-refractivity contribution in [2.45, 2.75) is 6.54 Å². The lowest BCUT2D eigenvalue weighted by Gasteiger charge is -2.07. The predicted molar refractivity (Wildman–Crippen MR) is 110 cm³/mol. The molecule has 0 spiro atoms. The number of nitrogens with one attached hydrogen (secondary N) is 1. The molecule has 29 heavy (non-hydrogen) atoms. The van der Waals surface area contributed by atoms with Gasteiger partial charge in [0.1, 0.15) is 11.6 Å². The monoisotopic (exact) mass is 382 g/mol. The van der Waals surface area contributed by atoms with Crippen LogP contribution in [0.5, 0.6) is 0 Å². The molecule has 142 valence electrons. The molecule has 1 N–H and O–H groups in total. The van der Waals surface area contributed by atoms with Gasteiger partial charge in [0.05, 0.1) is 12.8 Å². The van der Waals surface area contributed by atoms with Crippen molar-refractivity contribution in [2.75, 3.05) is 0 Å². The zero-order valence-electron chi connectivity index (χ0n) is 15.5. The number of hydrogen-bond donors (Lipinski definition) is 1. The third kappa shape index (κ3) is 3.32. The van der Waals surface area contributed by atoms with Crippen LogP contribution in [0.15, 0.2) is 95.9 Å². The summed E-state index contributed by atoms with van der Waals surface area (Å²) in [6.07, 6.45) is 5.45. The minimum atomic E-state index is -0.244. The summed E-state index contributed by atoms with van der Waals surface area (Å²) in [7, 11) is 0. The number of nitrogens with zero attached hydrogens (tertiary/aromatic N) is 3. The Morgan fingerprint density at radius 2 is 1.79 bits per heavy atom. The molecule has 6 nitrogen and oxygen atoms in total. The highest BCUT2D eigenvalue weighted by Crippen LogP contribution is 2.22. The summed E-state index contributed by atoms with van der Waals surface area (Å²) in [5, 5.41) is 7.27. The van der Waals surface area contributed by atoms with Gasteiger partial charge < -0.3 is 14.1 Å². The second-order valence-corrected chi connectivity index (χ2v) is 6.68. The first-order valence-corrected chi connectivity index (χ1v) is 9.31. The molecule has 0 fully saturated rings. The molecule has 0 atom stereocenters. The van der Waals surface area contributed by atoms with E-state index >= 15 is 0 Å². The van der Waals surface area contributed by atoms with Crippen molar-refractivity contribution in [3.05, 3.63) is 103 Å². The van der Waals surface area contributed by atoms with Crippen molar-refractivity contribution in [3.63, 3.8) is 0 Å². The van der Waals surface area contributed by atoms with Gasteiger partial charge >= 0.3 is 0 Å². The number of amides is 1. The van der Waals surface area contributed by atoms with Crippen molar-refractivity contribution in [2.24, 2.45) is 0 Å². The average molecular weight is 382 g/mol. The summed E-state index contributed by atoms with van der Waals surface area (Å²) in [5.41, 5.74) is 3.66. The van der Waals surface area contributed by atoms with Crippen molar-refractivity contribution in [1.82, 2.24) is 19.5 Å². The van der Waals surface area contributed by atoms with E-state index in [1.165, 1.54) is 0 Å². The van der Waals surface area contributed by atoms with E-state index in [4.69, 9.17) is 4.42 Å². The SMILES string of the molecule is O=C(NCc1ccco1)c1ccn(-c2ccc3ccc(-c4ccccc4)cn23)n1. The summed E-state index contributed by atoms with van der Waals surface area (Å²) < 4.78 is 9.02. The van der Waals surface area contributed by atoms with Gasteiger partial charge in [0.15, 0.2) is 5.69 Å². The van der Waals surface area contributed by atoms with E-state index in [1.54, 1.807) is 29.3 Å². The van der Waals surface area contributed by atoms with Crippen LogP contribution in [0.25, 0.3) is 22.5 Å². The van der Waals surface area contributed by atoms with Gasteiger partial charge in [0, 0.05) is 17.9 Å². The number of carbonyl (C=O) groups excluding carboxylic acids is 1. The third-order valence-electron chi connectivity index (χ3n) is 4.80. The Morgan fingerprint density at radius 1 is 0.931 bits per heavy atom. The van der Waals surface area contributed by atoms with E-state index in [0.717, 1.165) is 22.5 Å². The highest BCUT2D eigenvalue weighted by atomic mass is 16.3. The van der Waals surface area contributed by atoms with Crippen LogP contribution in [0, 0.1) is 0 Å². The second kappa shape index (κ2) is 7.16. The Morgan fingerprint density at radius 3 is 2.62 bits per heavy atom. The minimum absolute atomic E-state index is 0.244. The summed E-state index contributed by atoms with van der Waals surface area (Å²) in [6, 6.07) is 23.7. The number of hydrogen-bond acceptors (Lipinski definition) is 3. The second-order valence-electron chi connectivity index (χ2n) is 6.68. The molecule has 1 amide bonds. The Kier molecular flexibility index (Phi) is 4.22. The highest BCUT2D eigenvalue weighted by Gasteiger charge is 2.12. The van der Waals surface area contributed by atoms with Crippen molar-refractivity contribution in [3.8, 4) is 16.9 Å². The van der Waals surface area contributed by atoms with Crippen LogP contribution in [-0.4, -0.2) is 20.1 Å². The van der Waals surface area contributed by atoms with Crippen LogP contribution in [0.2, 0.25) is 0 Å². The molecule has 5 aromatic rings. The maximum atomic E-state index is 12.4. The van der Waals surface area contributed by atoms with Crippen LogP contribution in [0.1, 0.15) is 16.2 Å². The van der Waals surface area contributed by atoms with Gasteiger partial charge in [-0.05, 0) is 47.5 Å². The largest absolute Gasteiger partial charge is 0.467 e. The standard InChI is InChI=1S/C23H18N4O2/c28-23(24-15-20-7-4-14-29-20)21-12-13-27(25-21)22-11-10-19-9-8-18(16-26(19)22)17-5-2-1-3-6-17/h1-14,16H,15H2,(H,24,28). The topological polar surface area (TPSA) is 64.5 Å².